The number of halogens is 1. The molecule has 5 nitrogen and oxygen atoms in total. The Hall–Kier alpha value is -2.25. The van der Waals surface area contributed by atoms with Crippen LogP contribution >= 0.6 is 28.1 Å². The van der Waals surface area contributed by atoms with E-state index in [0.29, 0.717) is 6.54 Å². The van der Waals surface area contributed by atoms with Crippen molar-refractivity contribution < 1.29 is 0 Å². The second-order valence-electron chi connectivity index (χ2n) is 6.23. The van der Waals surface area contributed by atoms with E-state index < -0.39 is 0 Å². The normalized spacial score (nSPS) is 12.9. The molecule has 0 radical (unpaired) electrons. The Bertz CT molecular complexity index is 925. The Labute approximate surface area is 166 Å². The van der Waals surface area contributed by atoms with Crippen LogP contribution in [0.25, 0.3) is 5.69 Å². The van der Waals surface area contributed by atoms with Gasteiger partial charge in [-0.1, -0.05) is 51.5 Å². The number of nitrogens with zero attached hydrogens (tertiary/aromatic N) is 4. The zero-order valence-electron chi connectivity index (χ0n) is 14.1. The molecule has 0 bridgehead atoms. The van der Waals surface area contributed by atoms with Crippen molar-refractivity contribution in [1.82, 2.24) is 25.2 Å². The van der Waals surface area contributed by atoms with Crippen molar-refractivity contribution in [3.8, 4) is 5.69 Å². The van der Waals surface area contributed by atoms with Gasteiger partial charge in [0.05, 0.1) is 24.1 Å². The fraction of sp³-hybridized carbons (Fsp3) is 0.211. The van der Waals surface area contributed by atoms with E-state index in [1.165, 1.54) is 5.56 Å². The first-order valence-electron chi connectivity index (χ1n) is 8.46. The Morgan fingerprint density at radius 3 is 2.85 bits per heavy atom. The molecule has 0 amide bonds. The van der Waals surface area contributed by atoms with Crippen molar-refractivity contribution in [2.24, 2.45) is 0 Å². The average molecular weight is 428 g/mol. The van der Waals surface area contributed by atoms with Crippen molar-refractivity contribution >= 4 is 33.3 Å². The van der Waals surface area contributed by atoms with E-state index in [0.717, 1.165) is 46.0 Å². The number of hydrogen-bond acceptors (Lipinski definition) is 3. The van der Waals surface area contributed by atoms with Crippen LogP contribution in [0.2, 0.25) is 0 Å². The summed E-state index contributed by atoms with van der Waals surface area (Å²) in [6, 6.07) is 16.6. The van der Waals surface area contributed by atoms with Crippen molar-refractivity contribution in [3.05, 3.63) is 76.0 Å². The molecular weight excluding hydrogens is 410 g/mol. The summed E-state index contributed by atoms with van der Waals surface area (Å²) in [6.45, 7) is 2.22. The lowest BCUT2D eigenvalue weighted by atomic mass is 10.1. The minimum absolute atomic E-state index is 0.677. The lowest BCUT2D eigenvalue weighted by Crippen LogP contribution is -2.39. The highest BCUT2D eigenvalue weighted by molar-refractivity contribution is 9.10. The smallest absolute Gasteiger partial charge is 0.169 e. The molecule has 2 aromatic carbocycles. The van der Waals surface area contributed by atoms with Gasteiger partial charge in [0.25, 0.3) is 0 Å². The third-order valence-electron chi connectivity index (χ3n) is 4.42. The third kappa shape index (κ3) is 3.64. The fourth-order valence-corrected chi connectivity index (χ4v) is 3.76. The first-order valence-corrected chi connectivity index (χ1v) is 9.66. The molecule has 0 saturated heterocycles. The van der Waals surface area contributed by atoms with Crippen LogP contribution in [0.3, 0.4) is 0 Å². The van der Waals surface area contributed by atoms with Crippen molar-refractivity contribution in [2.45, 2.75) is 19.5 Å². The van der Waals surface area contributed by atoms with E-state index in [2.05, 4.69) is 72.9 Å². The molecule has 0 aliphatic carbocycles. The number of benzene rings is 2. The number of thiocarbonyl (C=S) groups is 1. The van der Waals surface area contributed by atoms with E-state index in [4.69, 9.17) is 12.2 Å². The summed E-state index contributed by atoms with van der Waals surface area (Å²) >= 11 is 9.23. The van der Waals surface area contributed by atoms with Gasteiger partial charge in [0.15, 0.2) is 5.11 Å². The number of fused-ring (bicyclic) bond motifs is 3. The summed E-state index contributed by atoms with van der Waals surface area (Å²) in [5.41, 5.74) is 4.54. The summed E-state index contributed by atoms with van der Waals surface area (Å²) in [6.07, 6.45) is 2.74. The van der Waals surface area contributed by atoms with E-state index in [9.17, 15) is 0 Å². The maximum absolute atomic E-state index is 5.67. The number of nitrogens with one attached hydrogen (secondary N) is 1. The predicted octanol–water partition coefficient (Wildman–Crippen LogP) is 3.46. The van der Waals surface area contributed by atoms with Gasteiger partial charge in [-0.15, -0.1) is 5.10 Å². The second kappa shape index (κ2) is 7.55. The third-order valence-corrected chi connectivity index (χ3v) is 5.32. The highest BCUT2D eigenvalue weighted by Gasteiger charge is 2.22. The molecule has 0 atom stereocenters. The van der Waals surface area contributed by atoms with Crippen LogP contribution < -0.4 is 5.32 Å². The molecule has 132 valence electrons. The lowest BCUT2D eigenvalue weighted by molar-refractivity contribution is 0.399. The highest BCUT2D eigenvalue weighted by Crippen LogP contribution is 2.26. The summed E-state index contributed by atoms with van der Waals surface area (Å²) < 4.78 is 2.94. The van der Waals surface area contributed by atoms with E-state index in [-0.39, 0.29) is 0 Å². The Kier molecular flexibility index (Phi) is 4.99. The van der Waals surface area contributed by atoms with Gasteiger partial charge in [0.1, 0.15) is 0 Å². The topological polar surface area (TPSA) is 46.0 Å². The van der Waals surface area contributed by atoms with Crippen LogP contribution in [0.4, 0.5) is 0 Å². The van der Waals surface area contributed by atoms with Crippen molar-refractivity contribution in [2.75, 3.05) is 6.54 Å². The largest absolute Gasteiger partial charge is 0.362 e. The van der Waals surface area contributed by atoms with Crippen LogP contribution in [0.15, 0.2) is 59.2 Å². The SMILES string of the molecule is S=C(NCCc1ccccc1)N1Cc2cc(Br)ccc2-n2nncc2C1. The Balaban J connectivity index is 1.49. The highest BCUT2D eigenvalue weighted by atomic mass is 79.9. The second-order valence-corrected chi connectivity index (χ2v) is 7.54. The molecule has 0 fully saturated rings. The molecule has 0 saturated carbocycles. The summed E-state index contributed by atoms with van der Waals surface area (Å²) in [5.74, 6) is 0. The number of aromatic nitrogens is 3. The minimum Gasteiger partial charge on any atom is -0.362 e. The molecule has 3 aromatic rings. The summed E-state index contributed by atoms with van der Waals surface area (Å²) in [4.78, 5) is 2.16. The first-order chi connectivity index (χ1) is 12.7. The maximum atomic E-state index is 5.67. The van der Waals surface area contributed by atoms with Crippen molar-refractivity contribution in [3.63, 3.8) is 0 Å². The van der Waals surface area contributed by atoms with Gasteiger partial charge in [-0.3, -0.25) is 0 Å². The average Bonchev–Trinajstić information content (AvgIpc) is 3.04. The molecule has 7 heteroatoms. The number of hydrogen-bond donors (Lipinski definition) is 1. The van der Waals surface area contributed by atoms with Crippen LogP contribution in [-0.4, -0.2) is 31.6 Å². The monoisotopic (exact) mass is 427 g/mol. The molecule has 26 heavy (non-hydrogen) atoms. The Morgan fingerprint density at radius 2 is 2.00 bits per heavy atom. The molecule has 2 heterocycles. The van der Waals surface area contributed by atoms with Crippen LogP contribution in [-0.2, 0) is 19.5 Å². The quantitative estimate of drug-likeness (QED) is 0.648. The molecular formula is C19H18BrN5S. The lowest BCUT2D eigenvalue weighted by Gasteiger charge is -2.24. The molecule has 4 rings (SSSR count). The maximum Gasteiger partial charge on any atom is 0.169 e. The van der Waals surface area contributed by atoms with Crippen LogP contribution in [0.1, 0.15) is 16.8 Å². The summed E-state index contributed by atoms with van der Waals surface area (Å²) in [5, 5.41) is 12.5. The molecule has 1 aliphatic rings. The van der Waals surface area contributed by atoms with Crippen molar-refractivity contribution in [1.29, 1.82) is 0 Å². The van der Waals surface area contributed by atoms with Crippen LogP contribution in [0, 0.1) is 0 Å². The predicted molar refractivity (Wildman–Crippen MR) is 109 cm³/mol. The van der Waals surface area contributed by atoms with Gasteiger partial charge >= 0.3 is 0 Å². The van der Waals surface area contributed by atoms with E-state index in [1.54, 1.807) is 6.20 Å². The zero-order chi connectivity index (χ0) is 17.9. The first kappa shape index (κ1) is 17.2. The van der Waals surface area contributed by atoms with Gasteiger partial charge in [-0.25, -0.2) is 4.68 Å². The molecule has 1 N–H and O–H groups in total. The van der Waals surface area contributed by atoms with Gasteiger partial charge in [0, 0.05) is 17.6 Å². The zero-order valence-corrected chi connectivity index (χ0v) is 16.5. The summed E-state index contributed by atoms with van der Waals surface area (Å²) in [7, 11) is 0. The molecule has 1 aliphatic heterocycles. The molecule has 1 aromatic heterocycles. The van der Waals surface area contributed by atoms with E-state index in [1.807, 2.05) is 16.8 Å². The fourth-order valence-electron chi connectivity index (χ4n) is 3.13. The molecule has 0 unspecified atom stereocenters. The minimum atomic E-state index is 0.677. The van der Waals surface area contributed by atoms with E-state index >= 15 is 0 Å². The standard InChI is InChI=1S/C19H18BrN5S/c20-16-6-7-18-15(10-16)12-24(13-17-11-22-23-25(17)18)19(26)21-9-8-14-4-2-1-3-5-14/h1-7,10-11H,8-9,12-13H2,(H,21,26). The van der Waals surface area contributed by atoms with Gasteiger partial charge in [-0.05, 0) is 48.0 Å². The number of rotatable bonds is 3. The van der Waals surface area contributed by atoms with Gasteiger partial charge in [0.2, 0.25) is 0 Å². The Morgan fingerprint density at radius 1 is 1.15 bits per heavy atom. The molecule has 0 spiro atoms. The van der Waals surface area contributed by atoms with Gasteiger partial charge < -0.3 is 10.2 Å². The van der Waals surface area contributed by atoms with Crippen LogP contribution in [0.5, 0.6) is 0 Å². The van der Waals surface area contributed by atoms with Gasteiger partial charge in [-0.2, -0.15) is 0 Å².